The van der Waals surface area contributed by atoms with Crippen molar-refractivity contribution in [3.8, 4) is 6.07 Å². The molecule has 1 fully saturated rings. The highest BCUT2D eigenvalue weighted by Crippen LogP contribution is 2.15. The van der Waals surface area contributed by atoms with E-state index in [1.807, 2.05) is 30.3 Å². The molecule has 30 heavy (non-hydrogen) atoms. The van der Waals surface area contributed by atoms with Crippen LogP contribution in [0.2, 0.25) is 0 Å². The summed E-state index contributed by atoms with van der Waals surface area (Å²) in [6.45, 7) is 9.87. The highest BCUT2D eigenvalue weighted by Gasteiger charge is 2.20. The maximum absolute atomic E-state index is 13.2. The second kappa shape index (κ2) is 10.3. The molecule has 8 nitrogen and oxygen atoms in total. The molecular weight excluding hydrogens is 378 g/mol. The molecule has 1 N–H and O–H groups in total. The number of hydrazine groups is 1. The summed E-state index contributed by atoms with van der Waals surface area (Å²) in [7, 11) is 2.15. The number of benzene rings is 1. The number of hydrogen-bond acceptors (Lipinski definition) is 7. The molecule has 1 aromatic heterocycles. The predicted molar refractivity (Wildman–Crippen MR) is 116 cm³/mol. The van der Waals surface area contributed by atoms with Crippen LogP contribution in [0.5, 0.6) is 0 Å². The van der Waals surface area contributed by atoms with E-state index < -0.39 is 0 Å². The number of nitrogens with zero attached hydrogens (tertiary/aromatic N) is 6. The molecule has 0 saturated carbocycles. The summed E-state index contributed by atoms with van der Waals surface area (Å²) >= 11 is 0. The molecule has 3 rings (SSSR count). The van der Waals surface area contributed by atoms with E-state index in [2.05, 4.69) is 46.1 Å². The van der Waals surface area contributed by atoms with Crippen molar-refractivity contribution in [3.05, 3.63) is 53.5 Å². The highest BCUT2D eigenvalue weighted by atomic mass is 16.2. The first kappa shape index (κ1) is 21.8. The summed E-state index contributed by atoms with van der Waals surface area (Å²) in [6.07, 6.45) is 1.48. The van der Waals surface area contributed by atoms with E-state index in [0.29, 0.717) is 23.8 Å². The van der Waals surface area contributed by atoms with E-state index in [0.717, 1.165) is 32.7 Å². The Balaban J connectivity index is 1.74. The van der Waals surface area contributed by atoms with Crippen LogP contribution in [-0.4, -0.2) is 65.4 Å². The summed E-state index contributed by atoms with van der Waals surface area (Å²) in [5.74, 6) is 0.501. The predicted octanol–water partition coefficient (Wildman–Crippen LogP) is 1.90. The number of amides is 1. The summed E-state index contributed by atoms with van der Waals surface area (Å²) in [4.78, 5) is 26.0. The number of nitriles is 1. The van der Waals surface area contributed by atoms with Crippen molar-refractivity contribution < 1.29 is 4.79 Å². The molecule has 0 aliphatic carbocycles. The lowest BCUT2D eigenvalue weighted by Crippen LogP contribution is -2.45. The first-order valence-corrected chi connectivity index (χ1v) is 10.3. The topological polar surface area (TPSA) is 88.4 Å². The van der Waals surface area contributed by atoms with Crippen molar-refractivity contribution in [1.82, 2.24) is 25.2 Å². The van der Waals surface area contributed by atoms with Crippen molar-refractivity contribution in [1.29, 1.82) is 5.26 Å². The Labute approximate surface area is 178 Å². The summed E-state index contributed by atoms with van der Waals surface area (Å²) in [5.41, 5.74) is 4.89. The van der Waals surface area contributed by atoms with E-state index >= 15 is 0 Å². The lowest BCUT2D eigenvalue weighted by atomic mass is 10.1. The van der Waals surface area contributed by atoms with Crippen LogP contribution >= 0.6 is 0 Å². The zero-order valence-corrected chi connectivity index (χ0v) is 17.9. The maximum Gasteiger partial charge on any atom is 0.274 e. The molecule has 1 aliphatic rings. The van der Waals surface area contributed by atoms with E-state index in [4.69, 9.17) is 5.26 Å². The van der Waals surface area contributed by atoms with Gasteiger partial charge in [-0.15, -0.1) is 0 Å². The molecule has 0 spiro atoms. The van der Waals surface area contributed by atoms with Crippen LogP contribution in [-0.2, 0) is 6.54 Å². The summed E-state index contributed by atoms with van der Waals surface area (Å²) in [6, 6.07) is 11.3. The van der Waals surface area contributed by atoms with Gasteiger partial charge in [0.15, 0.2) is 5.82 Å². The van der Waals surface area contributed by atoms with Gasteiger partial charge in [-0.1, -0.05) is 26.0 Å². The Bertz CT molecular complexity index is 883. The normalized spacial score (nSPS) is 15.2. The number of likely N-dealkylation sites (N-methyl/N-ethyl adjacent to an activating group) is 1. The molecular formula is C22H29N7O. The van der Waals surface area contributed by atoms with E-state index in [9.17, 15) is 4.79 Å². The molecule has 0 bridgehead atoms. The number of hydrogen-bond donors (Lipinski definition) is 1. The number of anilines is 1. The van der Waals surface area contributed by atoms with Gasteiger partial charge in [-0.2, -0.15) is 10.2 Å². The molecule has 0 atom stereocenters. The average molecular weight is 408 g/mol. The van der Waals surface area contributed by atoms with Gasteiger partial charge in [-0.05, 0) is 30.7 Å². The van der Waals surface area contributed by atoms with Crippen molar-refractivity contribution in [2.45, 2.75) is 20.4 Å². The van der Waals surface area contributed by atoms with Gasteiger partial charge in [-0.25, -0.2) is 15.4 Å². The second-order valence-electron chi connectivity index (χ2n) is 8.02. The largest absolute Gasteiger partial charge is 0.304 e. The van der Waals surface area contributed by atoms with Crippen LogP contribution in [0.25, 0.3) is 0 Å². The zero-order chi connectivity index (χ0) is 21.5. The third kappa shape index (κ3) is 5.83. The number of carbonyl (C=O) groups is 1. The first-order chi connectivity index (χ1) is 14.5. The molecule has 2 aromatic rings. The van der Waals surface area contributed by atoms with Crippen molar-refractivity contribution in [2.24, 2.45) is 5.92 Å². The van der Waals surface area contributed by atoms with E-state index in [-0.39, 0.29) is 11.7 Å². The minimum atomic E-state index is -0.218. The van der Waals surface area contributed by atoms with Gasteiger partial charge in [0.2, 0.25) is 5.82 Å². The lowest BCUT2D eigenvalue weighted by Gasteiger charge is -2.32. The Hall–Kier alpha value is -2.86. The molecule has 158 valence electrons. The lowest BCUT2D eigenvalue weighted by molar-refractivity contribution is 0.0972. The Morgan fingerprint density at radius 3 is 2.53 bits per heavy atom. The zero-order valence-electron chi connectivity index (χ0n) is 17.9. The fourth-order valence-electron chi connectivity index (χ4n) is 3.20. The van der Waals surface area contributed by atoms with Gasteiger partial charge in [0.25, 0.3) is 5.91 Å². The van der Waals surface area contributed by atoms with Crippen LogP contribution in [0, 0.1) is 17.2 Å². The molecule has 1 aromatic carbocycles. The second-order valence-corrected chi connectivity index (χ2v) is 8.02. The van der Waals surface area contributed by atoms with Gasteiger partial charge in [0, 0.05) is 57.1 Å². The van der Waals surface area contributed by atoms with Crippen LogP contribution < -0.4 is 10.4 Å². The van der Waals surface area contributed by atoms with E-state index in [1.165, 1.54) is 16.8 Å². The Kier molecular flexibility index (Phi) is 7.46. The number of rotatable bonds is 7. The number of aromatic nitrogens is 2. The molecule has 2 heterocycles. The van der Waals surface area contributed by atoms with Crippen molar-refractivity contribution in [3.63, 3.8) is 0 Å². The standard InChI is InChI=1S/C22H29N7O/c1-17(2)15-25-29(21-8-9-24-20(14-23)26-21)22(30)19-6-4-18(5-7-19)16-28-12-10-27(3)11-13-28/h4-9,17,25H,10-13,15-16H2,1-3H3. The minimum absolute atomic E-state index is 0.0270. The van der Waals surface area contributed by atoms with Crippen LogP contribution in [0.3, 0.4) is 0 Å². The summed E-state index contributed by atoms with van der Waals surface area (Å²) in [5, 5.41) is 10.5. The van der Waals surface area contributed by atoms with Crippen LogP contribution in [0.1, 0.15) is 35.6 Å². The molecule has 1 amide bonds. The van der Waals surface area contributed by atoms with Gasteiger partial charge in [-0.3, -0.25) is 9.69 Å². The smallest absolute Gasteiger partial charge is 0.274 e. The van der Waals surface area contributed by atoms with Gasteiger partial charge in [0.05, 0.1) is 0 Å². The van der Waals surface area contributed by atoms with Crippen molar-refractivity contribution >= 4 is 11.7 Å². The van der Waals surface area contributed by atoms with Crippen LogP contribution in [0.4, 0.5) is 5.82 Å². The fourth-order valence-corrected chi connectivity index (χ4v) is 3.20. The summed E-state index contributed by atoms with van der Waals surface area (Å²) < 4.78 is 0. The third-order valence-electron chi connectivity index (χ3n) is 5.03. The quantitative estimate of drug-likeness (QED) is 0.701. The molecule has 1 saturated heterocycles. The number of nitrogens with one attached hydrogen (secondary N) is 1. The monoisotopic (exact) mass is 407 g/mol. The fraction of sp³-hybridized carbons (Fsp3) is 0.455. The van der Waals surface area contributed by atoms with E-state index in [1.54, 1.807) is 6.07 Å². The van der Waals surface area contributed by atoms with Gasteiger partial charge >= 0.3 is 0 Å². The molecule has 0 radical (unpaired) electrons. The molecule has 1 aliphatic heterocycles. The SMILES string of the molecule is CC(C)CNN(C(=O)c1ccc(CN2CCN(C)CC2)cc1)c1ccnc(C#N)n1. The van der Waals surface area contributed by atoms with Crippen LogP contribution in [0.15, 0.2) is 36.5 Å². The Morgan fingerprint density at radius 2 is 1.90 bits per heavy atom. The third-order valence-corrected chi connectivity index (χ3v) is 5.03. The molecule has 8 heteroatoms. The van der Waals surface area contributed by atoms with Crippen molar-refractivity contribution in [2.75, 3.05) is 44.8 Å². The minimum Gasteiger partial charge on any atom is -0.304 e. The first-order valence-electron chi connectivity index (χ1n) is 10.3. The maximum atomic E-state index is 13.2. The average Bonchev–Trinajstić information content (AvgIpc) is 2.76. The molecule has 0 unspecified atom stereocenters. The highest BCUT2D eigenvalue weighted by molar-refractivity contribution is 6.04. The van der Waals surface area contributed by atoms with Gasteiger partial charge < -0.3 is 4.90 Å². The Morgan fingerprint density at radius 1 is 1.20 bits per heavy atom. The number of piperazine rings is 1. The van der Waals surface area contributed by atoms with Gasteiger partial charge in [0.1, 0.15) is 6.07 Å². The number of carbonyl (C=O) groups excluding carboxylic acids is 1.